The summed E-state index contributed by atoms with van der Waals surface area (Å²) in [4.78, 5) is 14.5. The van der Waals surface area contributed by atoms with Crippen molar-refractivity contribution in [1.82, 2.24) is 4.90 Å². The van der Waals surface area contributed by atoms with Gasteiger partial charge in [0.05, 0.1) is 12.6 Å². The highest BCUT2D eigenvalue weighted by atomic mass is 79.9. The van der Waals surface area contributed by atoms with Crippen LogP contribution in [0.2, 0.25) is 0 Å². The third kappa shape index (κ3) is 2.15. The number of likely N-dealkylation sites (tertiary alicyclic amines) is 1. The molecule has 1 aliphatic heterocycles. The van der Waals surface area contributed by atoms with Crippen LogP contribution in [0, 0.1) is 11.8 Å². The SMILES string of the molecule is COc1ccc(CN2C(=O)C[C@H](C)[C@@H]3C(Br)(Br)[C@@]32C)cc1. The molecule has 2 fully saturated rings. The molecule has 2 aliphatic rings. The molecule has 3 rings (SSSR count). The Bertz CT molecular complexity index is 572. The molecule has 1 saturated carbocycles. The summed E-state index contributed by atoms with van der Waals surface area (Å²) in [6.07, 6.45) is 0.620. The monoisotopic (exact) mass is 415 g/mol. The number of methoxy groups -OCH3 is 1. The molecule has 1 heterocycles. The number of hydrogen-bond donors (Lipinski definition) is 0. The normalized spacial score (nSPS) is 33.6. The van der Waals surface area contributed by atoms with E-state index in [1.165, 1.54) is 0 Å². The lowest BCUT2D eigenvalue weighted by molar-refractivity contribution is -0.139. The molecule has 0 aromatic heterocycles. The molecule has 0 radical (unpaired) electrons. The minimum absolute atomic E-state index is 0.162. The first-order valence-electron chi connectivity index (χ1n) is 7.13. The Labute approximate surface area is 142 Å². The van der Waals surface area contributed by atoms with Crippen LogP contribution in [0.4, 0.5) is 0 Å². The lowest BCUT2D eigenvalue weighted by Gasteiger charge is -2.36. The van der Waals surface area contributed by atoms with E-state index in [1.54, 1.807) is 7.11 Å². The minimum Gasteiger partial charge on any atom is -0.497 e. The Morgan fingerprint density at radius 2 is 1.95 bits per heavy atom. The average molecular weight is 417 g/mol. The topological polar surface area (TPSA) is 29.5 Å². The number of rotatable bonds is 3. The predicted molar refractivity (Wildman–Crippen MR) is 89.8 cm³/mol. The summed E-state index contributed by atoms with van der Waals surface area (Å²) in [5, 5.41) is 0. The van der Waals surface area contributed by atoms with Gasteiger partial charge in [0, 0.05) is 18.9 Å². The number of benzene rings is 1. The Morgan fingerprint density at radius 1 is 1.33 bits per heavy atom. The maximum absolute atomic E-state index is 12.5. The molecule has 0 unspecified atom stereocenters. The molecule has 0 bridgehead atoms. The molecule has 1 saturated heterocycles. The van der Waals surface area contributed by atoms with E-state index in [4.69, 9.17) is 4.74 Å². The number of piperidine rings is 1. The fraction of sp³-hybridized carbons (Fsp3) is 0.562. The third-order valence-electron chi connectivity index (χ3n) is 5.01. The molecule has 3 atom stereocenters. The van der Waals surface area contributed by atoms with E-state index in [0.29, 0.717) is 24.8 Å². The van der Waals surface area contributed by atoms with E-state index in [9.17, 15) is 4.79 Å². The molecular formula is C16H19Br2NO2. The molecular weight excluding hydrogens is 398 g/mol. The van der Waals surface area contributed by atoms with Crippen LogP contribution >= 0.6 is 31.9 Å². The van der Waals surface area contributed by atoms with Gasteiger partial charge in [-0.05, 0) is 30.5 Å². The molecule has 1 aliphatic carbocycles. The number of amides is 1. The molecule has 3 nitrogen and oxygen atoms in total. The third-order valence-corrected chi connectivity index (χ3v) is 7.61. The number of carbonyl (C=O) groups is 1. The molecule has 1 aromatic carbocycles. The smallest absolute Gasteiger partial charge is 0.223 e. The average Bonchev–Trinajstić information content (AvgIpc) is 2.90. The van der Waals surface area contributed by atoms with E-state index >= 15 is 0 Å². The molecule has 21 heavy (non-hydrogen) atoms. The summed E-state index contributed by atoms with van der Waals surface area (Å²) in [6.45, 7) is 4.97. The van der Waals surface area contributed by atoms with Crippen molar-refractivity contribution >= 4 is 37.8 Å². The van der Waals surface area contributed by atoms with Crippen LogP contribution < -0.4 is 4.74 Å². The summed E-state index contributed by atoms with van der Waals surface area (Å²) in [7, 11) is 1.66. The lowest BCUT2D eigenvalue weighted by atomic mass is 9.92. The molecule has 0 spiro atoms. The van der Waals surface area contributed by atoms with Crippen molar-refractivity contribution < 1.29 is 9.53 Å². The maximum atomic E-state index is 12.5. The summed E-state index contributed by atoms with van der Waals surface area (Å²) in [6, 6.07) is 7.92. The number of fused-ring (bicyclic) bond motifs is 1. The van der Waals surface area contributed by atoms with E-state index in [0.717, 1.165) is 11.3 Å². The Kier molecular flexibility index (Phi) is 3.64. The van der Waals surface area contributed by atoms with Gasteiger partial charge >= 0.3 is 0 Å². The molecule has 1 amide bonds. The highest BCUT2D eigenvalue weighted by Gasteiger charge is 2.78. The van der Waals surface area contributed by atoms with Gasteiger partial charge in [-0.25, -0.2) is 0 Å². The number of ether oxygens (including phenoxy) is 1. The van der Waals surface area contributed by atoms with Gasteiger partial charge < -0.3 is 9.64 Å². The zero-order valence-corrected chi connectivity index (χ0v) is 15.6. The van der Waals surface area contributed by atoms with Gasteiger partial charge in [0.25, 0.3) is 0 Å². The van der Waals surface area contributed by atoms with Gasteiger partial charge in [0.1, 0.15) is 8.98 Å². The number of carbonyl (C=O) groups excluding carboxylic acids is 1. The minimum atomic E-state index is -0.165. The van der Waals surface area contributed by atoms with Crippen molar-refractivity contribution in [1.29, 1.82) is 0 Å². The quantitative estimate of drug-likeness (QED) is 0.698. The summed E-state index contributed by atoms with van der Waals surface area (Å²) < 4.78 is 5.02. The molecule has 114 valence electrons. The Morgan fingerprint density at radius 3 is 2.52 bits per heavy atom. The first kappa shape index (κ1) is 15.3. The van der Waals surface area contributed by atoms with Gasteiger partial charge in [-0.1, -0.05) is 50.9 Å². The standard InChI is InChI=1S/C16H19Br2NO2/c1-10-8-13(20)19(15(2)14(10)16(15,17)18)9-11-4-6-12(21-3)7-5-11/h4-7,10,14H,8-9H2,1-3H3/t10-,14-,15+/m0/s1. The van der Waals surface area contributed by atoms with Crippen molar-refractivity contribution in [3.05, 3.63) is 29.8 Å². The van der Waals surface area contributed by atoms with Crippen LogP contribution in [0.15, 0.2) is 24.3 Å². The second-order valence-corrected chi connectivity index (χ2v) is 9.82. The van der Waals surface area contributed by atoms with Crippen molar-refractivity contribution in [3.8, 4) is 5.75 Å². The number of alkyl halides is 2. The second kappa shape index (κ2) is 4.98. The highest BCUT2D eigenvalue weighted by molar-refractivity contribution is 9.25. The molecule has 5 heteroatoms. The van der Waals surface area contributed by atoms with Crippen molar-refractivity contribution in [2.24, 2.45) is 11.8 Å². The van der Waals surface area contributed by atoms with Crippen molar-refractivity contribution in [2.75, 3.05) is 7.11 Å². The van der Waals surface area contributed by atoms with E-state index in [-0.39, 0.29) is 14.7 Å². The number of nitrogens with zero attached hydrogens (tertiary/aromatic N) is 1. The van der Waals surface area contributed by atoms with Crippen LogP contribution in [0.1, 0.15) is 25.8 Å². The van der Waals surface area contributed by atoms with Crippen LogP contribution in [0.3, 0.4) is 0 Å². The predicted octanol–water partition coefficient (Wildman–Crippen LogP) is 3.94. The molecule has 0 N–H and O–H groups in total. The van der Waals surface area contributed by atoms with Gasteiger partial charge in [0.2, 0.25) is 5.91 Å². The Hall–Kier alpha value is -0.550. The number of halogens is 2. The van der Waals surface area contributed by atoms with Gasteiger partial charge in [-0.3, -0.25) is 4.79 Å². The van der Waals surface area contributed by atoms with Crippen molar-refractivity contribution in [2.45, 2.75) is 35.6 Å². The van der Waals surface area contributed by atoms with Crippen LogP contribution in [-0.2, 0) is 11.3 Å². The van der Waals surface area contributed by atoms with Gasteiger partial charge in [-0.15, -0.1) is 0 Å². The lowest BCUT2D eigenvalue weighted by Crippen LogP contribution is -2.47. The van der Waals surface area contributed by atoms with Crippen LogP contribution in [-0.4, -0.2) is 26.7 Å². The van der Waals surface area contributed by atoms with Gasteiger partial charge in [-0.2, -0.15) is 0 Å². The Balaban J connectivity index is 1.85. The second-order valence-electron chi connectivity index (χ2n) is 6.26. The summed E-state index contributed by atoms with van der Waals surface area (Å²) in [5.41, 5.74) is 0.961. The zero-order valence-electron chi connectivity index (χ0n) is 12.4. The fourth-order valence-corrected chi connectivity index (χ4v) is 6.22. The highest BCUT2D eigenvalue weighted by Crippen LogP contribution is 2.72. The zero-order chi connectivity index (χ0) is 15.4. The maximum Gasteiger partial charge on any atom is 0.223 e. The fourth-order valence-electron chi connectivity index (χ4n) is 3.74. The van der Waals surface area contributed by atoms with E-state index in [1.807, 2.05) is 29.2 Å². The summed E-state index contributed by atoms with van der Waals surface area (Å²) >= 11 is 7.57. The number of hydrogen-bond acceptors (Lipinski definition) is 2. The van der Waals surface area contributed by atoms with Crippen LogP contribution in [0.25, 0.3) is 0 Å². The first-order chi connectivity index (χ1) is 9.82. The van der Waals surface area contributed by atoms with E-state index < -0.39 is 0 Å². The van der Waals surface area contributed by atoms with Crippen LogP contribution in [0.5, 0.6) is 5.75 Å². The van der Waals surface area contributed by atoms with Gasteiger partial charge in [0.15, 0.2) is 0 Å². The largest absolute Gasteiger partial charge is 0.497 e. The summed E-state index contributed by atoms with van der Waals surface area (Å²) in [5.74, 6) is 1.91. The van der Waals surface area contributed by atoms with E-state index in [2.05, 4.69) is 45.7 Å². The first-order valence-corrected chi connectivity index (χ1v) is 8.72. The van der Waals surface area contributed by atoms with Crippen molar-refractivity contribution in [3.63, 3.8) is 0 Å². The molecule has 1 aromatic rings.